The number of pyridine rings is 1. The Balaban J connectivity index is 0.00000180. The third kappa shape index (κ3) is 5.02. The van der Waals surface area contributed by atoms with Gasteiger partial charge >= 0.3 is 0 Å². The molecular weight excluding hydrogens is 299 g/mol. The van der Waals surface area contributed by atoms with Crippen molar-refractivity contribution in [2.24, 2.45) is 5.73 Å². The molecule has 0 fully saturated rings. The molecule has 0 saturated carbocycles. The summed E-state index contributed by atoms with van der Waals surface area (Å²) in [5.74, 6) is 0. The molecule has 20 heavy (non-hydrogen) atoms. The summed E-state index contributed by atoms with van der Waals surface area (Å²) < 4.78 is 0. The van der Waals surface area contributed by atoms with E-state index in [2.05, 4.69) is 15.2 Å². The Morgan fingerprint density at radius 1 is 1.10 bits per heavy atom. The molecule has 2 heterocycles. The Bertz CT molecular complexity index is 503. The van der Waals surface area contributed by atoms with Gasteiger partial charge in [0, 0.05) is 24.2 Å². The van der Waals surface area contributed by atoms with E-state index in [1.165, 1.54) is 0 Å². The Labute approximate surface area is 130 Å². The zero-order valence-corrected chi connectivity index (χ0v) is 12.7. The zero-order valence-electron chi connectivity index (χ0n) is 11.1. The summed E-state index contributed by atoms with van der Waals surface area (Å²) in [5, 5.41) is 17.2. The van der Waals surface area contributed by atoms with Crippen molar-refractivity contribution in [1.82, 2.24) is 15.2 Å². The molecule has 0 spiro atoms. The molecule has 2 aromatic rings. The standard InChI is InChI=1S/C13H16N4O.2ClH/c1-9(14)6-11-4-5-13(17-16-11)10-2-3-12(8-18)15-7-10;;/h2-5,7,9,18H,6,8,14H2,1H3;2*1H. The maximum atomic E-state index is 8.92. The van der Waals surface area contributed by atoms with E-state index in [1.54, 1.807) is 12.3 Å². The molecule has 5 nitrogen and oxygen atoms in total. The summed E-state index contributed by atoms with van der Waals surface area (Å²) >= 11 is 0. The first-order valence-corrected chi connectivity index (χ1v) is 5.83. The van der Waals surface area contributed by atoms with Gasteiger partial charge in [-0.1, -0.05) is 0 Å². The van der Waals surface area contributed by atoms with Crippen molar-refractivity contribution in [2.75, 3.05) is 0 Å². The molecule has 2 aromatic heterocycles. The highest BCUT2D eigenvalue weighted by atomic mass is 35.5. The number of rotatable bonds is 4. The van der Waals surface area contributed by atoms with Crippen LogP contribution in [0.25, 0.3) is 11.3 Å². The average Bonchev–Trinajstić information content (AvgIpc) is 2.39. The van der Waals surface area contributed by atoms with Crippen LogP contribution in [-0.4, -0.2) is 26.3 Å². The predicted molar refractivity (Wildman–Crippen MR) is 83.0 cm³/mol. The predicted octanol–water partition coefficient (Wildman–Crippen LogP) is 1.76. The van der Waals surface area contributed by atoms with Crippen LogP contribution < -0.4 is 5.73 Å². The normalized spacial score (nSPS) is 11.2. The van der Waals surface area contributed by atoms with Gasteiger partial charge in [0.25, 0.3) is 0 Å². The number of aliphatic hydroxyl groups is 1. The fourth-order valence-corrected chi connectivity index (χ4v) is 1.62. The van der Waals surface area contributed by atoms with Crippen LogP contribution in [0.5, 0.6) is 0 Å². The summed E-state index contributed by atoms with van der Waals surface area (Å²) in [6, 6.07) is 7.54. The molecule has 0 aliphatic rings. The van der Waals surface area contributed by atoms with Crippen LogP contribution in [0.1, 0.15) is 18.3 Å². The first-order chi connectivity index (χ1) is 8.69. The maximum absolute atomic E-state index is 8.92. The molecule has 0 aliphatic carbocycles. The fraction of sp³-hybridized carbons (Fsp3) is 0.308. The Morgan fingerprint density at radius 2 is 1.80 bits per heavy atom. The molecule has 0 aliphatic heterocycles. The van der Waals surface area contributed by atoms with Gasteiger partial charge in [0.1, 0.15) is 0 Å². The van der Waals surface area contributed by atoms with Gasteiger partial charge < -0.3 is 10.8 Å². The van der Waals surface area contributed by atoms with Crippen LogP contribution in [-0.2, 0) is 13.0 Å². The summed E-state index contributed by atoms with van der Waals surface area (Å²) in [6.45, 7) is 1.88. The van der Waals surface area contributed by atoms with E-state index in [0.29, 0.717) is 5.69 Å². The molecule has 1 unspecified atom stereocenters. The summed E-state index contributed by atoms with van der Waals surface area (Å²) in [4.78, 5) is 4.11. The minimum absolute atomic E-state index is 0. The van der Waals surface area contributed by atoms with Gasteiger partial charge in [-0.15, -0.1) is 24.8 Å². The van der Waals surface area contributed by atoms with E-state index in [1.807, 2.05) is 25.1 Å². The molecule has 1 atom stereocenters. The number of hydrogen-bond acceptors (Lipinski definition) is 5. The van der Waals surface area contributed by atoms with Gasteiger partial charge in [-0.3, -0.25) is 4.98 Å². The lowest BCUT2D eigenvalue weighted by atomic mass is 10.1. The van der Waals surface area contributed by atoms with Gasteiger partial charge in [-0.2, -0.15) is 10.2 Å². The van der Waals surface area contributed by atoms with Crippen molar-refractivity contribution in [2.45, 2.75) is 26.0 Å². The largest absolute Gasteiger partial charge is 0.390 e. The van der Waals surface area contributed by atoms with Gasteiger partial charge in [0.15, 0.2) is 0 Å². The number of nitrogens with zero attached hydrogens (tertiary/aromatic N) is 3. The second-order valence-electron chi connectivity index (χ2n) is 4.29. The zero-order chi connectivity index (χ0) is 13.0. The van der Waals surface area contributed by atoms with Crippen LogP contribution >= 0.6 is 24.8 Å². The van der Waals surface area contributed by atoms with E-state index in [4.69, 9.17) is 10.8 Å². The third-order valence-corrected chi connectivity index (χ3v) is 2.53. The number of nitrogens with two attached hydrogens (primary N) is 1. The van der Waals surface area contributed by atoms with Crippen molar-refractivity contribution in [3.05, 3.63) is 41.9 Å². The fourth-order valence-electron chi connectivity index (χ4n) is 1.62. The Kier molecular flexibility index (Phi) is 8.25. The SMILES string of the molecule is CC(N)Cc1ccc(-c2ccc(CO)nc2)nn1.Cl.Cl. The Hall–Kier alpha value is -1.27. The quantitative estimate of drug-likeness (QED) is 0.897. The second-order valence-corrected chi connectivity index (χ2v) is 4.29. The summed E-state index contributed by atoms with van der Waals surface area (Å²) in [5.41, 5.74) is 8.87. The van der Waals surface area contributed by atoms with E-state index in [9.17, 15) is 0 Å². The molecule has 110 valence electrons. The minimum atomic E-state index is -0.0563. The molecule has 0 saturated heterocycles. The molecule has 3 N–H and O–H groups in total. The van der Waals surface area contributed by atoms with Crippen molar-refractivity contribution >= 4 is 24.8 Å². The van der Waals surface area contributed by atoms with Crippen molar-refractivity contribution in [3.8, 4) is 11.3 Å². The highest BCUT2D eigenvalue weighted by Crippen LogP contribution is 2.15. The van der Waals surface area contributed by atoms with Crippen molar-refractivity contribution in [3.63, 3.8) is 0 Å². The van der Waals surface area contributed by atoms with E-state index >= 15 is 0 Å². The highest BCUT2D eigenvalue weighted by Gasteiger charge is 2.03. The van der Waals surface area contributed by atoms with E-state index in [-0.39, 0.29) is 37.5 Å². The van der Waals surface area contributed by atoms with Crippen molar-refractivity contribution in [1.29, 1.82) is 0 Å². The molecule has 0 amide bonds. The number of hydrogen-bond donors (Lipinski definition) is 2. The van der Waals surface area contributed by atoms with Crippen LogP contribution in [0, 0.1) is 0 Å². The lowest BCUT2D eigenvalue weighted by molar-refractivity contribution is 0.277. The first-order valence-electron chi connectivity index (χ1n) is 5.83. The maximum Gasteiger partial charge on any atom is 0.0945 e. The van der Waals surface area contributed by atoms with Gasteiger partial charge in [-0.05, 0) is 31.2 Å². The topological polar surface area (TPSA) is 84.9 Å². The van der Waals surface area contributed by atoms with Crippen LogP contribution in [0.4, 0.5) is 0 Å². The third-order valence-electron chi connectivity index (χ3n) is 2.53. The molecule has 0 radical (unpaired) electrons. The molecule has 0 bridgehead atoms. The minimum Gasteiger partial charge on any atom is -0.390 e. The second kappa shape index (κ2) is 8.81. The lowest BCUT2D eigenvalue weighted by Gasteiger charge is -2.05. The molecule has 2 rings (SSSR count). The highest BCUT2D eigenvalue weighted by molar-refractivity contribution is 5.85. The number of halogens is 2. The summed E-state index contributed by atoms with van der Waals surface area (Å²) in [7, 11) is 0. The first kappa shape index (κ1) is 18.7. The molecule has 0 aromatic carbocycles. The van der Waals surface area contributed by atoms with Crippen LogP contribution in [0.2, 0.25) is 0 Å². The van der Waals surface area contributed by atoms with Gasteiger partial charge in [0.2, 0.25) is 0 Å². The van der Waals surface area contributed by atoms with Crippen molar-refractivity contribution < 1.29 is 5.11 Å². The van der Waals surface area contributed by atoms with Crippen LogP contribution in [0.3, 0.4) is 0 Å². The van der Waals surface area contributed by atoms with Gasteiger partial charge in [0.05, 0.1) is 23.7 Å². The Morgan fingerprint density at radius 3 is 2.25 bits per heavy atom. The summed E-state index contributed by atoms with van der Waals surface area (Å²) in [6.07, 6.45) is 2.40. The van der Waals surface area contributed by atoms with Gasteiger partial charge in [-0.25, -0.2) is 0 Å². The monoisotopic (exact) mass is 316 g/mol. The molecule has 7 heteroatoms. The van der Waals surface area contributed by atoms with E-state index in [0.717, 1.165) is 23.4 Å². The lowest BCUT2D eigenvalue weighted by Crippen LogP contribution is -2.18. The smallest absolute Gasteiger partial charge is 0.0945 e. The van der Waals surface area contributed by atoms with Crippen LogP contribution in [0.15, 0.2) is 30.5 Å². The van der Waals surface area contributed by atoms with E-state index < -0.39 is 0 Å². The average molecular weight is 317 g/mol. The number of aromatic nitrogens is 3. The number of aliphatic hydroxyl groups excluding tert-OH is 1. The molecular formula is C13H18Cl2N4O.